The van der Waals surface area contributed by atoms with Crippen LogP contribution in [0.5, 0.6) is 0 Å². The molecule has 1 amide bonds. The van der Waals surface area contributed by atoms with Crippen LogP contribution in [0.4, 0.5) is 0 Å². The summed E-state index contributed by atoms with van der Waals surface area (Å²) in [5.74, 6) is -0.0473. The Morgan fingerprint density at radius 2 is 0.691 bits per heavy atom. The lowest BCUT2D eigenvalue weighted by Crippen LogP contribution is -2.45. The van der Waals surface area contributed by atoms with Crippen LogP contribution in [0.2, 0.25) is 0 Å². The Morgan fingerprint density at radius 1 is 0.397 bits per heavy atom. The van der Waals surface area contributed by atoms with Gasteiger partial charge in [0, 0.05) is 12.8 Å². The Hall–Kier alpha value is -1.66. The standard InChI is InChI=1S/C62H119NO5/c1-3-5-7-9-11-13-15-17-19-20-24-28-32-36-40-44-48-52-56-62(67)68-57-53-49-45-41-37-33-29-25-22-21-23-27-31-35-39-43-47-51-55-61(66)63-59(58-64)60(65)54-50-46-42-38-34-30-26-18-16-14-12-10-8-6-4-2/h19-20,23,27,59-60,64-65H,3-18,21-22,24-26,28-58H2,1-2H3,(H,63,66)/b20-19-,27-23-. The zero-order valence-corrected chi connectivity index (χ0v) is 45.9. The maximum absolute atomic E-state index is 12.5. The number of allylic oxidation sites excluding steroid dienone is 4. The van der Waals surface area contributed by atoms with Crippen molar-refractivity contribution in [3.63, 3.8) is 0 Å². The fourth-order valence-corrected chi connectivity index (χ4v) is 9.51. The number of esters is 1. The smallest absolute Gasteiger partial charge is 0.305 e. The molecule has 0 aliphatic carbocycles. The summed E-state index contributed by atoms with van der Waals surface area (Å²) < 4.78 is 5.49. The minimum absolute atomic E-state index is 0.000509. The van der Waals surface area contributed by atoms with Gasteiger partial charge in [0.05, 0.1) is 25.4 Å². The van der Waals surface area contributed by atoms with Gasteiger partial charge >= 0.3 is 5.97 Å². The largest absolute Gasteiger partial charge is 0.466 e. The lowest BCUT2D eigenvalue weighted by Gasteiger charge is -2.22. The summed E-state index contributed by atoms with van der Waals surface area (Å²) in [5, 5.41) is 23.3. The van der Waals surface area contributed by atoms with E-state index >= 15 is 0 Å². The molecule has 402 valence electrons. The summed E-state index contributed by atoms with van der Waals surface area (Å²) in [6.45, 7) is 4.95. The Labute approximate surface area is 424 Å². The van der Waals surface area contributed by atoms with Gasteiger partial charge in [-0.1, -0.05) is 269 Å². The molecule has 6 nitrogen and oxygen atoms in total. The summed E-state index contributed by atoms with van der Waals surface area (Å²) in [6, 6.07) is -0.551. The number of aliphatic hydroxyl groups excluding tert-OH is 2. The molecule has 0 bridgehead atoms. The third kappa shape index (κ3) is 53.7. The lowest BCUT2D eigenvalue weighted by atomic mass is 10.0. The number of carbonyl (C=O) groups is 2. The van der Waals surface area contributed by atoms with E-state index in [-0.39, 0.29) is 18.5 Å². The topological polar surface area (TPSA) is 95.9 Å². The van der Waals surface area contributed by atoms with E-state index in [2.05, 4.69) is 43.5 Å². The second-order valence-corrected chi connectivity index (χ2v) is 21.0. The molecule has 0 saturated heterocycles. The Morgan fingerprint density at radius 3 is 1.04 bits per heavy atom. The van der Waals surface area contributed by atoms with Crippen LogP contribution in [0.3, 0.4) is 0 Å². The molecule has 0 aromatic heterocycles. The molecular formula is C62H119NO5. The minimum atomic E-state index is -0.673. The number of amides is 1. The van der Waals surface area contributed by atoms with Gasteiger partial charge in [0.1, 0.15) is 0 Å². The molecule has 68 heavy (non-hydrogen) atoms. The molecule has 2 unspecified atom stereocenters. The van der Waals surface area contributed by atoms with Crippen LogP contribution in [-0.2, 0) is 14.3 Å². The first-order chi connectivity index (χ1) is 33.5. The highest BCUT2D eigenvalue weighted by atomic mass is 16.5. The Bertz CT molecular complexity index is 1060. The zero-order chi connectivity index (χ0) is 49.3. The van der Waals surface area contributed by atoms with Gasteiger partial charge in [-0.3, -0.25) is 9.59 Å². The van der Waals surface area contributed by atoms with Crippen LogP contribution in [0.1, 0.15) is 335 Å². The molecule has 0 heterocycles. The van der Waals surface area contributed by atoms with E-state index in [1.807, 2.05) is 0 Å². The highest BCUT2D eigenvalue weighted by Gasteiger charge is 2.20. The van der Waals surface area contributed by atoms with Gasteiger partial charge in [-0.2, -0.15) is 0 Å². The maximum Gasteiger partial charge on any atom is 0.305 e. The van der Waals surface area contributed by atoms with Crippen molar-refractivity contribution in [2.75, 3.05) is 13.2 Å². The molecule has 0 aromatic rings. The summed E-state index contributed by atoms with van der Waals surface area (Å²) in [7, 11) is 0. The SMILES string of the molecule is CCCCCCCCC/C=C\CCCCCCCCCC(=O)OCCCCCCCCCCC/C=C\CCCCCCCC(=O)NC(CO)C(O)CCCCCCCCCCCCCCCCC. The van der Waals surface area contributed by atoms with Gasteiger partial charge in [-0.25, -0.2) is 0 Å². The lowest BCUT2D eigenvalue weighted by molar-refractivity contribution is -0.143. The van der Waals surface area contributed by atoms with Crippen LogP contribution >= 0.6 is 0 Å². The fraction of sp³-hybridized carbons (Fsp3) is 0.903. The fourth-order valence-electron chi connectivity index (χ4n) is 9.51. The van der Waals surface area contributed by atoms with E-state index in [0.717, 1.165) is 57.8 Å². The van der Waals surface area contributed by atoms with Gasteiger partial charge in [0.15, 0.2) is 0 Å². The molecule has 3 N–H and O–H groups in total. The molecule has 0 aromatic carbocycles. The highest BCUT2D eigenvalue weighted by molar-refractivity contribution is 5.76. The van der Waals surface area contributed by atoms with Gasteiger partial charge in [-0.05, 0) is 77.0 Å². The first-order valence-electron chi connectivity index (χ1n) is 30.6. The molecule has 0 aliphatic rings. The van der Waals surface area contributed by atoms with Crippen molar-refractivity contribution in [3.8, 4) is 0 Å². The van der Waals surface area contributed by atoms with Crippen molar-refractivity contribution in [1.29, 1.82) is 0 Å². The number of nitrogens with one attached hydrogen (secondary N) is 1. The van der Waals surface area contributed by atoms with Gasteiger partial charge < -0.3 is 20.3 Å². The second kappa shape index (κ2) is 57.9. The predicted octanol–water partition coefficient (Wildman–Crippen LogP) is 19.0. The molecular weight excluding hydrogens is 839 g/mol. The molecule has 0 rings (SSSR count). The highest BCUT2D eigenvalue weighted by Crippen LogP contribution is 2.17. The van der Waals surface area contributed by atoms with Crippen molar-refractivity contribution in [1.82, 2.24) is 5.32 Å². The molecule has 0 spiro atoms. The molecule has 2 atom stereocenters. The number of hydrogen-bond donors (Lipinski definition) is 3. The summed E-state index contributed by atoms with van der Waals surface area (Å²) in [4.78, 5) is 24.6. The molecule has 6 heteroatoms. The normalized spacial score (nSPS) is 12.7. The number of aliphatic hydroxyl groups is 2. The summed E-state index contributed by atoms with van der Waals surface area (Å²) >= 11 is 0. The number of unbranched alkanes of at least 4 members (excludes halogenated alkanes) is 42. The second-order valence-electron chi connectivity index (χ2n) is 21.0. The van der Waals surface area contributed by atoms with Gasteiger partial charge in [0.25, 0.3) is 0 Å². The monoisotopic (exact) mass is 958 g/mol. The van der Waals surface area contributed by atoms with Crippen molar-refractivity contribution in [3.05, 3.63) is 24.3 Å². The van der Waals surface area contributed by atoms with Gasteiger partial charge in [0.2, 0.25) is 5.91 Å². The number of rotatable bonds is 57. The number of carbonyl (C=O) groups excluding carboxylic acids is 2. The van der Waals surface area contributed by atoms with Crippen LogP contribution in [0, 0.1) is 0 Å². The van der Waals surface area contributed by atoms with E-state index < -0.39 is 12.1 Å². The quantitative estimate of drug-likeness (QED) is 0.0321. The van der Waals surface area contributed by atoms with Crippen molar-refractivity contribution < 1.29 is 24.5 Å². The van der Waals surface area contributed by atoms with Crippen molar-refractivity contribution in [2.24, 2.45) is 0 Å². The minimum Gasteiger partial charge on any atom is -0.466 e. The zero-order valence-electron chi connectivity index (χ0n) is 45.9. The summed E-state index contributed by atoms with van der Waals surface area (Å²) in [6.07, 6.45) is 70.3. The van der Waals surface area contributed by atoms with Crippen LogP contribution in [-0.4, -0.2) is 47.4 Å². The van der Waals surface area contributed by atoms with Crippen LogP contribution < -0.4 is 5.32 Å². The molecule has 0 aliphatic heterocycles. The average Bonchev–Trinajstić information content (AvgIpc) is 3.34. The van der Waals surface area contributed by atoms with E-state index in [1.54, 1.807) is 0 Å². The number of hydrogen-bond acceptors (Lipinski definition) is 5. The third-order valence-electron chi connectivity index (χ3n) is 14.2. The van der Waals surface area contributed by atoms with Crippen molar-refractivity contribution in [2.45, 2.75) is 347 Å². The Balaban J connectivity index is 3.43. The first-order valence-corrected chi connectivity index (χ1v) is 30.6. The van der Waals surface area contributed by atoms with Crippen LogP contribution in [0.25, 0.3) is 0 Å². The average molecular weight is 959 g/mol. The molecule has 0 radical (unpaired) electrons. The third-order valence-corrected chi connectivity index (χ3v) is 14.2. The maximum atomic E-state index is 12.5. The van der Waals surface area contributed by atoms with E-state index in [9.17, 15) is 19.8 Å². The predicted molar refractivity (Wildman–Crippen MR) is 296 cm³/mol. The number of ether oxygens (including phenoxy) is 1. The van der Waals surface area contributed by atoms with E-state index in [4.69, 9.17) is 4.74 Å². The van der Waals surface area contributed by atoms with Crippen molar-refractivity contribution >= 4 is 11.9 Å². The molecule has 0 fully saturated rings. The Kier molecular flexibility index (Phi) is 56.5. The van der Waals surface area contributed by atoms with E-state index in [1.165, 1.54) is 244 Å². The summed E-state index contributed by atoms with van der Waals surface area (Å²) in [5.41, 5.74) is 0. The van der Waals surface area contributed by atoms with E-state index in [0.29, 0.717) is 25.9 Å². The van der Waals surface area contributed by atoms with Gasteiger partial charge in [-0.15, -0.1) is 0 Å². The first kappa shape index (κ1) is 66.3. The van der Waals surface area contributed by atoms with Crippen LogP contribution in [0.15, 0.2) is 24.3 Å². The molecule has 0 saturated carbocycles.